The molecule has 0 saturated heterocycles. The van der Waals surface area contributed by atoms with Gasteiger partial charge in [0.2, 0.25) is 0 Å². The highest BCUT2D eigenvalue weighted by molar-refractivity contribution is 6.33. The summed E-state index contributed by atoms with van der Waals surface area (Å²) in [7, 11) is 1.46. The second kappa shape index (κ2) is 11.9. The number of ether oxygens (including phenoxy) is 2. The molecule has 196 valence electrons. The minimum atomic E-state index is -0.616. The number of pyridine rings is 1. The van der Waals surface area contributed by atoms with Crippen LogP contribution in [0.4, 0.5) is 0 Å². The lowest BCUT2D eigenvalue weighted by atomic mass is 9.61. The Kier molecular flexibility index (Phi) is 9.08. The maximum absolute atomic E-state index is 12.8. The van der Waals surface area contributed by atoms with Crippen LogP contribution in [0.1, 0.15) is 72.4 Å². The number of Topliss-reactive ketones (excluding diaryl/α,β-unsaturated/α-hetero) is 1. The number of ketones is 1. The Bertz CT molecular complexity index is 1250. The Balaban J connectivity index is 1.99. The van der Waals surface area contributed by atoms with E-state index < -0.39 is 5.97 Å². The van der Waals surface area contributed by atoms with Gasteiger partial charge in [-0.1, -0.05) is 56.2 Å². The summed E-state index contributed by atoms with van der Waals surface area (Å²) in [6.07, 6.45) is 11.6. The molecule has 1 aromatic carbocycles. The number of methoxy groups -OCH3 is 1. The summed E-state index contributed by atoms with van der Waals surface area (Å²) in [6, 6.07) is 3.24. The lowest BCUT2D eigenvalue weighted by molar-refractivity contribution is -0.129. The quantitative estimate of drug-likeness (QED) is 0.164. The number of nitrogens with zero attached hydrogens (tertiary/aromatic N) is 1. The number of aromatic nitrogens is 1. The van der Waals surface area contributed by atoms with E-state index >= 15 is 0 Å². The number of aldehydes is 1. The molecule has 1 aliphatic carbocycles. The van der Waals surface area contributed by atoms with Gasteiger partial charge in [-0.15, -0.1) is 0 Å². The summed E-state index contributed by atoms with van der Waals surface area (Å²) in [5, 5.41) is 0.174. The van der Waals surface area contributed by atoms with E-state index in [1.165, 1.54) is 13.3 Å². The number of carbonyl (C=O) groups is 3. The zero-order valence-corrected chi connectivity index (χ0v) is 23.0. The second-order valence-corrected chi connectivity index (χ2v) is 10.3. The Morgan fingerprint density at radius 3 is 2.65 bits per heavy atom. The van der Waals surface area contributed by atoms with Gasteiger partial charge in [0.05, 0.1) is 23.3 Å². The Labute approximate surface area is 223 Å². The average molecular weight is 524 g/mol. The molecule has 0 radical (unpaired) electrons. The fourth-order valence-corrected chi connectivity index (χ4v) is 5.02. The molecule has 1 fully saturated rings. The summed E-state index contributed by atoms with van der Waals surface area (Å²) >= 11 is 6.61. The zero-order chi connectivity index (χ0) is 27.3. The van der Waals surface area contributed by atoms with Gasteiger partial charge in [0.1, 0.15) is 11.5 Å². The van der Waals surface area contributed by atoms with E-state index in [0.717, 1.165) is 12.0 Å². The van der Waals surface area contributed by atoms with Gasteiger partial charge in [-0.05, 0) is 55.7 Å². The van der Waals surface area contributed by atoms with Crippen molar-refractivity contribution < 1.29 is 23.9 Å². The molecule has 0 aliphatic heterocycles. The lowest BCUT2D eigenvalue weighted by Gasteiger charge is -2.42. The Morgan fingerprint density at radius 1 is 1.30 bits per heavy atom. The van der Waals surface area contributed by atoms with E-state index in [9.17, 15) is 14.4 Å². The fraction of sp³-hybridized carbons (Fsp3) is 0.400. The van der Waals surface area contributed by atoms with E-state index in [-0.39, 0.29) is 27.7 Å². The van der Waals surface area contributed by atoms with E-state index in [0.29, 0.717) is 53.3 Å². The molecule has 0 bridgehead atoms. The predicted molar refractivity (Wildman–Crippen MR) is 145 cm³/mol. The molecule has 2 aromatic rings. The van der Waals surface area contributed by atoms with Crippen molar-refractivity contribution in [2.75, 3.05) is 7.11 Å². The summed E-state index contributed by atoms with van der Waals surface area (Å²) in [5.74, 6) is 0.475. The van der Waals surface area contributed by atoms with Gasteiger partial charge in [0, 0.05) is 30.3 Å². The van der Waals surface area contributed by atoms with Crippen LogP contribution in [0.2, 0.25) is 5.02 Å². The number of allylic oxidation sites excluding steroid dienone is 4. The first-order valence-electron chi connectivity index (χ1n) is 12.4. The third-order valence-corrected chi connectivity index (χ3v) is 8.23. The van der Waals surface area contributed by atoms with Crippen molar-refractivity contribution in [1.29, 1.82) is 0 Å². The number of benzene rings is 1. The summed E-state index contributed by atoms with van der Waals surface area (Å²) < 4.78 is 11.3. The normalized spacial score (nSPS) is 22.2. The van der Waals surface area contributed by atoms with Gasteiger partial charge in [-0.2, -0.15) is 0 Å². The van der Waals surface area contributed by atoms with Crippen LogP contribution in [0.3, 0.4) is 0 Å². The molecule has 1 heterocycles. The number of rotatable bonds is 8. The highest BCUT2D eigenvalue weighted by Gasteiger charge is 2.41. The van der Waals surface area contributed by atoms with Crippen LogP contribution in [-0.4, -0.2) is 30.1 Å². The maximum Gasteiger partial charge on any atom is 0.345 e. The molecule has 0 unspecified atom stereocenters. The van der Waals surface area contributed by atoms with Crippen LogP contribution < -0.4 is 9.47 Å². The van der Waals surface area contributed by atoms with Gasteiger partial charge in [0.25, 0.3) is 0 Å². The van der Waals surface area contributed by atoms with Crippen molar-refractivity contribution in [3.8, 4) is 11.5 Å². The third-order valence-electron chi connectivity index (χ3n) is 7.77. The molecule has 1 aromatic heterocycles. The number of hydrogen-bond donors (Lipinski definition) is 0. The van der Waals surface area contributed by atoms with Crippen LogP contribution in [0.25, 0.3) is 0 Å². The molecular formula is C30H34ClNO5. The van der Waals surface area contributed by atoms with E-state index in [1.54, 1.807) is 25.3 Å². The number of hydrogen-bond acceptors (Lipinski definition) is 6. The molecule has 7 heteroatoms. The molecule has 37 heavy (non-hydrogen) atoms. The first-order valence-corrected chi connectivity index (χ1v) is 12.8. The molecule has 0 N–H and O–H groups in total. The minimum absolute atomic E-state index is 0.0510. The van der Waals surface area contributed by atoms with Crippen molar-refractivity contribution in [3.63, 3.8) is 0 Å². The minimum Gasteiger partial charge on any atom is -0.496 e. The van der Waals surface area contributed by atoms with Crippen molar-refractivity contribution in [3.05, 3.63) is 75.6 Å². The Hall–Kier alpha value is -3.25. The van der Waals surface area contributed by atoms with Crippen LogP contribution in [-0.2, 0) is 11.2 Å². The molecule has 3 atom stereocenters. The van der Waals surface area contributed by atoms with E-state index in [2.05, 4.69) is 24.9 Å². The first kappa shape index (κ1) is 28.3. The van der Waals surface area contributed by atoms with Gasteiger partial charge in [0.15, 0.2) is 12.0 Å². The SMILES string of the molecule is COc1c(C=O)c(C)c(Cl)c(OC(=O)c2cccnc2)c1C/C=C(C)/C=C/[C@@]1(C)[C@H](C)CCC(=O)[C@@H]1C. The molecule has 1 saturated carbocycles. The molecule has 0 amide bonds. The molecule has 3 rings (SSSR count). The van der Waals surface area contributed by atoms with Gasteiger partial charge < -0.3 is 9.47 Å². The average Bonchev–Trinajstić information content (AvgIpc) is 2.90. The monoisotopic (exact) mass is 523 g/mol. The highest BCUT2D eigenvalue weighted by atomic mass is 35.5. The largest absolute Gasteiger partial charge is 0.496 e. The van der Waals surface area contributed by atoms with Crippen molar-refractivity contribution in [2.45, 2.75) is 53.9 Å². The van der Waals surface area contributed by atoms with Gasteiger partial charge in [-0.3, -0.25) is 14.6 Å². The fourth-order valence-electron chi connectivity index (χ4n) is 4.77. The number of esters is 1. The van der Waals surface area contributed by atoms with Gasteiger partial charge in [-0.25, -0.2) is 4.79 Å². The van der Waals surface area contributed by atoms with Crippen molar-refractivity contribution >= 4 is 29.6 Å². The summed E-state index contributed by atoms with van der Waals surface area (Å²) in [4.78, 5) is 41.1. The molecule has 0 spiro atoms. The van der Waals surface area contributed by atoms with E-state index in [4.69, 9.17) is 21.1 Å². The molecule has 6 nitrogen and oxygen atoms in total. The standard InChI is InChI=1S/C30H34ClNO5/c1-18(13-14-30(5)19(2)10-12-25(34)21(30)4)9-11-23-27(36-6)24(17-33)20(3)26(31)28(23)37-29(35)22-8-7-15-32-16-22/h7-9,13-17,19,21H,10-12H2,1-6H3/b14-13+,18-9+/t19-,21+,30+/m1/s1. The van der Waals surface area contributed by atoms with Crippen LogP contribution in [0.15, 0.2) is 48.3 Å². The molecular weight excluding hydrogens is 490 g/mol. The van der Waals surface area contributed by atoms with Crippen LogP contribution in [0, 0.1) is 24.2 Å². The first-order chi connectivity index (χ1) is 17.5. The highest BCUT2D eigenvalue weighted by Crippen LogP contribution is 2.45. The van der Waals surface area contributed by atoms with Crippen molar-refractivity contribution in [2.24, 2.45) is 17.3 Å². The number of carbonyl (C=O) groups excluding carboxylic acids is 3. The van der Waals surface area contributed by atoms with Crippen molar-refractivity contribution in [1.82, 2.24) is 4.98 Å². The van der Waals surface area contributed by atoms with Crippen LogP contribution in [0.5, 0.6) is 11.5 Å². The Morgan fingerprint density at radius 2 is 2.03 bits per heavy atom. The van der Waals surface area contributed by atoms with Crippen LogP contribution >= 0.6 is 11.6 Å². The smallest absolute Gasteiger partial charge is 0.345 e. The predicted octanol–water partition coefficient (Wildman–Crippen LogP) is 6.77. The summed E-state index contributed by atoms with van der Waals surface area (Å²) in [6.45, 7) is 9.97. The van der Waals surface area contributed by atoms with E-state index in [1.807, 2.05) is 26.0 Å². The number of halogens is 1. The topological polar surface area (TPSA) is 82.6 Å². The molecule has 1 aliphatic rings. The summed E-state index contributed by atoms with van der Waals surface area (Å²) in [5.41, 5.74) is 2.25. The third kappa shape index (κ3) is 5.85. The van der Waals surface area contributed by atoms with Gasteiger partial charge >= 0.3 is 5.97 Å². The second-order valence-electron chi connectivity index (χ2n) is 9.92. The zero-order valence-electron chi connectivity index (χ0n) is 22.3. The lowest BCUT2D eigenvalue weighted by Crippen LogP contribution is -2.40. The maximum atomic E-state index is 12.8.